The lowest BCUT2D eigenvalue weighted by molar-refractivity contribution is -0.145. The summed E-state index contributed by atoms with van der Waals surface area (Å²) in [5.41, 5.74) is 6.07. The molecule has 2 rings (SSSR count). The van der Waals surface area contributed by atoms with Crippen LogP contribution in [-0.4, -0.2) is 44.5 Å². The van der Waals surface area contributed by atoms with E-state index < -0.39 is 18.2 Å². The average Bonchev–Trinajstić information content (AvgIpc) is 2.67. The molecular weight excluding hydrogens is 392 g/mol. The molecule has 2 aromatic carbocycles. The Balaban J connectivity index is 2.20. The molecule has 2 N–H and O–H groups in total. The predicted molar refractivity (Wildman–Crippen MR) is 124 cm³/mol. The second kappa shape index (κ2) is 11.3. The number of carbonyl (C=O) groups is 1. The predicted octanol–water partition coefficient (Wildman–Crippen LogP) is 2.65. The molecule has 0 spiro atoms. The van der Waals surface area contributed by atoms with E-state index in [0.717, 1.165) is 11.1 Å². The molecule has 0 fully saturated rings. The van der Waals surface area contributed by atoms with Crippen molar-refractivity contribution in [1.29, 1.82) is 0 Å². The molecule has 0 aromatic heterocycles. The van der Waals surface area contributed by atoms with Crippen molar-refractivity contribution in [3.63, 3.8) is 0 Å². The molecule has 0 amide bonds. The maximum absolute atomic E-state index is 11.5. The molecule has 0 heterocycles. The van der Waals surface area contributed by atoms with Gasteiger partial charge in [0.2, 0.25) is 0 Å². The summed E-state index contributed by atoms with van der Waals surface area (Å²) in [6.45, 7) is 10.5. The average molecular weight is 425 g/mol. The smallest absolute Gasteiger partial charge is 0.308 e. The maximum atomic E-state index is 11.5. The van der Waals surface area contributed by atoms with Gasteiger partial charge in [0, 0.05) is 6.42 Å². The molecule has 0 aliphatic heterocycles. The number of rotatable bonds is 9. The van der Waals surface area contributed by atoms with E-state index in [0.29, 0.717) is 9.52 Å². The minimum atomic E-state index is -0.932. The normalized spacial score (nSPS) is 13.4. The fourth-order valence-corrected chi connectivity index (χ4v) is 4.82. The highest BCUT2D eigenvalue weighted by atomic mass is 28.2. The van der Waals surface area contributed by atoms with Crippen molar-refractivity contribution in [2.75, 3.05) is 6.61 Å². The van der Waals surface area contributed by atoms with Gasteiger partial charge in [0.1, 0.15) is 9.52 Å². The molecule has 0 bridgehead atoms. The van der Waals surface area contributed by atoms with Crippen molar-refractivity contribution in [2.45, 2.75) is 59.7 Å². The van der Waals surface area contributed by atoms with Crippen LogP contribution in [-0.2, 0) is 9.53 Å². The number of carbonyl (C=O) groups excluding carboxylic acids is 1. The topological polar surface area (TPSA) is 66.8 Å². The number of benzene rings is 2. The Morgan fingerprint density at radius 1 is 1.07 bits per heavy atom. The Morgan fingerprint density at radius 3 is 2.47 bits per heavy atom. The van der Waals surface area contributed by atoms with Gasteiger partial charge in [-0.15, -0.1) is 0 Å². The second-order valence-electron chi connectivity index (χ2n) is 7.69. The summed E-state index contributed by atoms with van der Waals surface area (Å²) in [7, 11) is 0.518. The van der Waals surface area contributed by atoms with Crippen molar-refractivity contribution in [1.82, 2.24) is 0 Å². The summed E-state index contributed by atoms with van der Waals surface area (Å²) in [5.74, 6) is -0.451. The van der Waals surface area contributed by atoms with Gasteiger partial charge < -0.3 is 14.9 Å². The number of ether oxygens (including phenoxy) is 1. The summed E-state index contributed by atoms with van der Waals surface area (Å²) < 4.78 is 4.84. The van der Waals surface area contributed by atoms with Crippen molar-refractivity contribution in [3.8, 4) is 0 Å². The van der Waals surface area contributed by atoms with Gasteiger partial charge >= 0.3 is 5.97 Å². The zero-order valence-electron chi connectivity index (χ0n) is 18.5. The standard InChI is InChI=1S/C25H32O4Si/c1-6-29-24(28)15-21(27)14-20(26)12-13-22-17(3)10-11-18(4)25(22)30-23-9-7-8-16(2)19(23)5/h7-13,20-21,26-27H,6,14-15H2,1-5H3. The van der Waals surface area contributed by atoms with E-state index in [1.54, 1.807) is 13.0 Å². The van der Waals surface area contributed by atoms with Crippen LogP contribution in [0.2, 0.25) is 0 Å². The molecule has 2 atom stereocenters. The Kier molecular flexibility index (Phi) is 9.02. The molecule has 0 aliphatic rings. The van der Waals surface area contributed by atoms with E-state index >= 15 is 0 Å². The third-order valence-electron chi connectivity index (χ3n) is 5.24. The number of hydrogen-bond acceptors (Lipinski definition) is 4. The van der Waals surface area contributed by atoms with Crippen LogP contribution in [0.15, 0.2) is 36.4 Å². The molecule has 2 radical (unpaired) electrons. The fraction of sp³-hybridized carbons (Fsp3) is 0.400. The van der Waals surface area contributed by atoms with E-state index in [1.807, 2.05) is 6.08 Å². The quantitative estimate of drug-likeness (QED) is 0.480. The third-order valence-corrected chi connectivity index (χ3v) is 6.97. The van der Waals surface area contributed by atoms with Gasteiger partial charge in [-0.2, -0.15) is 0 Å². The lowest BCUT2D eigenvalue weighted by atomic mass is 10.0. The first-order chi connectivity index (χ1) is 14.2. The molecule has 160 valence electrons. The van der Waals surface area contributed by atoms with E-state index in [4.69, 9.17) is 4.74 Å². The number of aliphatic hydroxyl groups is 2. The van der Waals surface area contributed by atoms with E-state index in [1.165, 1.54) is 27.1 Å². The molecular formula is C25H32O4Si. The first-order valence-electron chi connectivity index (χ1n) is 10.4. The zero-order chi connectivity index (χ0) is 22.3. The lowest BCUT2D eigenvalue weighted by Crippen LogP contribution is -2.33. The summed E-state index contributed by atoms with van der Waals surface area (Å²) in [5, 5.41) is 23.0. The molecule has 4 nitrogen and oxygen atoms in total. The van der Waals surface area contributed by atoms with Gasteiger partial charge in [0.25, 0.3) is 0 Å². The Morgan fingerprint density at radius 2 is 1.77 bits per heavy atom. The first-order valence-corrected chi connectivity index (χ1v) is 11.4. The SMILES string of the molecule is CCOC(=O)CC(O)CC(O)C=Cc1c(C)ccc(C)c1[Si]c1cccc(C)c1C. The lowest BCUT2D eigenvalue weighted by Gasteiger charge is -2.16. The highest BCUT2D eigenvalue weighted by molar-refractivity contribution is 6.69. The van der Waals surface area contributed by atoms with Gasteiger partial charge in [0.05, 0.1) is 25.2 Å². The molecule has 0 saturated heterocycles. The maximum Gasteiger partial charge on any atom is 0.308 e. The van der Waals surface area contributed by atoms with Crippen LogP contribution in [0.3, 0.4) is 0 Å². The van der Waals surface area contributed by atoms with Gasteiger partial charge in [-0.25, -0.2) is 0 Å². The zero-order valence-corrected chi connectivity index (χ0v) is 19.5. The molecule has 5 heteroatoms. The largest absolute Gasteiger partial charge is 0.466 e. The van der Waals surface area contributed by atoms with E-state index in [9.17, 15) is 15.0 Å². The third kappa shape index (κ3) is 6.66. The fourth-order valence-electron chi connectivity index (χ4n) is 3.29. The van der Waals surface area contributed by atoms with Gasteiger partial charge in [-0.3, -0.25) is 4.79 Å². The molecule has 0 aliphatic carbocycles. The number of aliphatic hydroxyl groups excluding tert-OH is 2. The van der Waals surface area contributed by atoms with Crippen LogP contribution >= 0.6 is 0 Å². The highest BCUT2D eigenvalue weighted by Gasteiger charge is 2.16. The minimum Gasteiger partial charge on any atom is -0.466 e. The number of aryl methyl sites for hydroxylation is 3. The van der Waals surface area contributed by atoms with Crippen LogP contribution < -0.4 is 10.4 Å². The molecule has 0 saturated carbocycles. The number of hydrogen-bond donors (Lipinski definition) is 2. The van der Waals surface area contributed by atoms with Gasteiger partial charge in [-0.05, 0) is 62.1 Å². The van der Waals surface area contributed by atoms with Crippen LogP contribution in [0.4, 0.5) is 0 Å². The first kappa shape index (κ1) is 24.1. The Labute approximate surface area is 182 Å². The Hall–Kier alpha value is -2.21. The van der Waals surface area contributed by atoms with Crippen molar-refractivity contribution >= 4 is 31.9 Å². The van der Waals surface area contributed by atoms with E-state index in [-0.39, 0.29) is 19.4 Å². The number of esters is 1. The summed E-state index contributed by atoms with van der Waals surface area (Å²) in [6, 6.07) is 10.6. The monoisotopic (exact) mass is 424 g/mol. The van der Waals surface area contributed by atoms with Crippen molar-refractivity contribution in [3.05, 3.63) is 64.2 Å². The molecule has 2 unspecified atom stereocenters. The summed E-state index contributed by atoms with van der Waals surface area (Å²) >= 11 is 0. The summed E-state index contributed by atoms with van der Waals surface area (Å²) in [4.78, 5) is 11.5. The van der Waals surface area contributed by atoms with Crippen LogP contribution in [0.25, 0.3) is 6.08 Å². The van der Waals surface area contributed by atoms with Crippen LogP contribution in [0.1, 0.15) is 47.6 Å². The van der Waals surface area contributed by atoms with Crippen molar-refractivity contribution < 1.29 is 19.7 Å². The Bertz CT molecular complexity index is 904. The van der Waals surface area contributed by atoms with E-state index in [2.05, 4.69) is 58.0 Å². The molecule has 30 heavy (non-hydrogen) atoms. The van der Waals surface area contributed by atoms with Gasteiger partial charge in [0.15, 0.2) is 0 Å². The highest BCUT2D eigenvalue weighted by Crippen LogP contribution is 2.13. The second-order valence-corrected chi connectivity index (χ2v) is 8.97. The van der Waals surface area contributed by atoms with Crippen LogP contribution in [0, 0.1) is 27.7 Å². The van der Waals surface area contributed by atoms with Gasteiger partial charge in [-0.1, -0.05) is 53.2 Å². The van der Waals surface area contributed by atoms with Crippen molar-refractivity contribution in [2.24, 2.45) is 0 Å². The van der Waals surface area contributed by atoms with Crippen LogP contribution in [0.5, 0.6) is 0 Å². The summed E-state index contributed by atoms with van der Waals surface area (Å²) in [6.07, 6.45) is 1.85. The molecule has 2 aromatic rings. The minimum absolute atomic E-state index is 0.0920.